The number of rotatable bonds is 3. The van der Waals surface area contributed by atoms with Crippen molar-refractivity contribution in [3.05, 3.63) is 34.6 Å². The van der Waals surface area contributed by atoms with Gasteiger partial charge in [-0.2, -0.15) is 0 Å². The van der Waals surface area contributed by atoms with Gasteiger partial charge in [0.25, 0.3) is 0 Å². The summed E-state index contributed by atoms with van der Waals surface area (Å²) < 4.78 is 2.18. The Labute approximate surface area is 126 Å². The van der Waals surface area contributed by atoms with Crippen LogP contribution in [0.5, 0.6) is 0 Å². The number of aryl methyl sites for hydroxylation is 1. The predicted octanol–water partition coefficient (Wildman–Crippen LogP) is 3.62. The van der Waals surface area contributed by atoms with Crippen LogP contribution in [0.2, 0.25) is 5.02 Å². The summed E-state index contributed by atoms with van der Waals surface area (Å²) in [7, 11) is 0. The van der Waals surface area contributed by atoms with Gasteiger partial charge in [-0.1, -0.05) is 24.1 Å². The molecule has 0 aliphatic carbocycles. The molecule has 1 aliphatic heterocycles. The molecule has 0 spiro atoms. The van der Waals surface area contributed by atoms with E-state index in [2.05, 4.69) is 14.8 Å². The van der Waals surface area contributed by atoms with Gasteiger partial charge in [-0.05, 0) is 36.7 Å². The number of benzene rings is 1. The number of aldehydes is 1. The van der Waals surface area contributed by atoms with Crippen LogP contribution in [0.25, 0.3) is 0 Å². The number of carbonyl (C=O) groups is 1. The normalized spacial score (nSPS) is 14.7. The third kappa shape index (κ3) is 2.74. The number of fused-ring (bicyclic) bond motifs is 1. The van der Waals surface area contributed by atoms with Crippen molar-refractivity contribution in [1.29, 1.82) is 0 Å². The maximum atomic E-state index is 10.7. The Morgan fingerprint density at radius 2 is 2.15 bits per heavy atom. The van der Waals surface area contributed by atoms with Crippen molar-refractivity contribution in [3.8, 4) is 0 Å². The van der Waals surface area contributed by atoms with Gasteiger partial charge in [-0.15, -0.1) is 10.2 Å². The fourth-order valence-electron chi connectivity index (χ4n) is 2.31. The Morgan fingerprint density at radius 1 is 1.25 bits per heavy atom. The lowest BCUT2D eigenvalue weighted by Crippen LogP contribution is -2.02. The van der Waals surface area contributed by atoms with Gasteiger partial charge in [0.1, 0.15) is 12.1 Å². The second-order valence-corrected chi connectivity index (χ2v) is 6.19. The van der Waals surface area contributed by atoms with Crippen LogP contribution in [0.15, 0.2) is 28.3 Å². The van der Waals surface area contributed by atoms with Gasteiger partial charge in [0.15, 0.2) is 5.16 Å². The number of halogens is 1. The van der Waals surface area contributed by atoms with E-state index in [1.807, 2.05) is 6.07 Å². The molecule has 1 aromatic carbocycles. The highest BCUT2D eigenvalue weighted by atomic mass is 35.5. The first-order valence-electron chi connectivity index (χ1n) is 6.62. The minimum Gasteiger partial charge on any atom is -0.306 e. The third-order valence-electron chi connectivity index (χ3n) is 3.37. The van der Waals surface area contributed by atoms with Gasteiger partial charge in [0.2, 0.25) is 0 Å². The number of nitrogens with zero attached hydrogens (tertiary/aromatic N) is 3. The molecule has 0 fully saturated rings. The monoisotopic (exact) mass is 307 g/mol. The van der Waals surface area contributed by atoms with Crippen molar-refractivity contribution in [2.45, 2.75) is 42.3 Å². The molecule has 104 valence electrons. The van der Waals surface area contributed by atoms with Gasteiger partial charge < -0.3 is 4.57 Å². The fraction of sp³-hybridized carbons (Fsp3) is 0.357. The molecule has 1 aliphatic rings. The zero-order valence-electron chi connectivity index (χ0n) is 10.9. The Kier molecular flexibility index (Phi) is 4.08. The topological polar surface area (TPSA) is 47.8 Å². The summed E-state index contributed by atoms with van der Waals surface area (Å²) in [6.45, 7) is 0.967. The van der Waals surface area contributed by atoms with Crippen molar-refractivity contribution in [2.75, 3.05) is 0 Å². The number of aromatic nitrogens is 3. The average molecular weight is 308 g/mol. The van der Waals surface area contributed by atoms with Crippen molar-refractivity contribution in [1.82, 2.24) is 14.8 Å². The van der Waals surface area contributed by atoms with Crippen LogP contribution in [-0.2, 0) is 13.0 Å². The van der Waals surface area contributed by atoms with Crippen molar-refractivity contribution >= 4 is 29.6 Å². The van der Waals surface area contributed by atoms with Crippen molar-refractivity contribution < 1.29 is 4.79 Å². The van der Waals surface area contributed by atoms with E-state index in [9.17, 15) is 4.79 Å². The van der Waals surface area contributed by atoms with Gasteiger partial charge in [0, 0.05) is 23.4 Å². The lowest BCUT2D eigenvalue weighted by atomic mass is 10.2. The molecular formula is C14H14ClN3OS. The highest BCUT2D eigenvalue weighted by Gasteiger charge is 2.16. The summed E-state index contributed by atoms with van der Waals surface area (Å²) in [5, 5.41) is 9.99. The predicted molar refractivity (Wildman–Crippen MR) is 78.5 cm³/mol. The highest BCUT2D eigenvalue weighted by molar-refractivity contribution is 7.99. The van der Waals surface area contributed by atoms with Crippen LogP contribution in [0.1, 0.15) is 35.4 Å². The molecular weight excluding hydrogens is 294 g/mol. The van der Waals surface area contributed by atoms with Crippen LogP contribution >= 0.6 is 23.4 Å². The first kappa shape index (κ1) is 13.6. The first-order valence-corrected chi connectivity index (χ1v) is 7.82. The van der Waals surface area contributed by atoms with E-state index in [0.29, 0.717) is 10.6 Å². The van der Waals surface area contributed by atoms with Crippen LogP contribution in [0.4, 0.5) is 0 Å². The number of carbonyl (C=O) groups excluding carboxylic acids is 1. The van der Waals surface area contributed by atoms with E-state index in [-0.39, 0.29) is 0 Å². The molecule has 0 amide bonds. The number of hydrogen-bond acceptors (Lipinski definition) is 4. The minimum atomic E-state index is 0.575. The lowest BCUT2D eigenvalue weighted by Gasteiger charge is -2.07. The molecule has 0 radical (unpaired) electrons. The summed E-state index contributed by atoms with van der Waals surface area (Å²) in [5.74, 6) is 1.06. The van der Waals surface area contributed by atoms with E-state index in [4.69, 9.17) is 11.6 Å². The zero-order chi connectivity index (χ0) is 13.9. The molecule has 20 heavy (non-hydrogen) atoms. The third-order valence-corrected chi connectivity index (χ3v) is 4.85. The standard InChI is InChI=1S/C14H14ClN3OS/c15-11-8-10(9-19)5-6-12(11)20-14-17-16-13-4-2-1-3-7-18(13)14/h5-6,8-9H,1-4,7H2. The Hall–Kier alpha value is -1.33. The molecule has 0 atom stereocenters. The molecule has 0 saturated carbocycles. The highest BCUT2D eigenvalue weighted by Crippen LogP contribution is 2.33. The quantitative estimate of drug-likeness (QED) is 0.813. The molecule has 6 heteroatoms. The molecule has 1 aromatic heterocycles. The molecule has 0 N–H and O–H groups in total. The van der Waals surface area contributed by atoms with Gasteiger partial charge >= 0.3 is 0 Å². The molecule has 0 bridgehead atoms. The molecule has 0 saturated heterocycles. The minimum absolute atomic E-state index is 0.575. The second-order valence-electron chi connectivity index (χ2n) is 4.77. The van der Waals surface area contributed by atoms with Crippen LogP contribution in [-0.4, -0.2) is 21.1 Å². The first-order chi connectivity index (χ1) is 9.78. The molecule has 0 unspecified atom stereocenters. The van der Waals surface area contributed by atoms with Crippen LogP contribution in [0, 0.1) is 0 Å². The van der Waals surface area contributed by atoms with E-state index in [1.165, 1.54) is 24.6 Å². The molecule has 2 aromatic rings. The van der Waals surface area contributed by atoms with Gasteiger partial charge in [-0.3, -0.25) is 4.79 Å². The lowest BCUT2D eigenvalue weighted by molar-refractivity contribution is 0.112. The Balaban J connectivity index is 1.88. The van der Waals surface area contributed by atoms with E-state index in [0.717, 1.165) is 41.5 Å². The van der Waals surface area contributed by atoms with Crippen molar-refractivity contribution in [3.63, 3.8) is 0 Å². The molecule has 4 nitrogen and oxygen atoms in total. The summed E-state index contributed by atoms with van der Waals surface area (Å²) in [5.41, 5.74) is 0.583. The van der Waals surface area contributed by atoms with Gasteiger partial charge in [0.05, 0.1) is 5.02 Å². The zero-order valence-corrected chi connectivity index (χ0v) is 12.5. The Morgan fingerprint density at radius 3 is 2.95 bits per heavy atom. The van der Waals surface area contributed by atoms with E-state index in [1.54, 1.807) is 12.1 Å². The largest absolute Gasteiger partial charge is 0.306 e. The summed E-state index contributed by atoms with van der Waals surface area (Å²) in [6, 6.07) is 5.30. The average Bonchev–Trinajstić information content (AvgIpc) is 2.69. The van der Waals surface area contributed by atoms with Crippen LogP contribution < -0.4 is 0 Å². The second kappa shape index (κ2) is 5.97. The summed E-state index contributed by atoms with van der Waals surface area (Å²) in [6.07, 6.45) is 5.37. The Bertz CT molecular complexity index is 641. The molecule has 2 heterocycles. The number of hydrogen-bond donors (Lipinski definition) is 0. The smallest absolute Gasteiger partial charge is 0.196 e. The summed E-state index contributed by atoms with van der Waals surface area (Å²) in [4.78, 5) is 11.6. The summed E-state index contributed by atoms with van der Waals surface area (Å²) >= 11 is 7.71. The van der Waals surface area contributed by atoms with E-state index >= 15 is 0 Å². The van der Waals surface area contributed by atoms with Gasteiger partial charge in [-0.25, -0.2) is 0 Å². The SMILES string of the molecule is O=Cc1ccc(Sc2nnc3n2CCCCC3)c(Cl)c1. The maximum Gasteiger partial charge on any atom is 0.196 e. The van der Waals surface area contributed by atoms with E-state index < -0.39 is 0 Å². The fourth-order valence-corrected chi connectivity index (χ4v) is 3.49. The van der Waals surface area contributed by atoms with Crippen molar-refractivity contribution in [2.24, 2.45) is 0 Å². The molecule has 3 rings (SSSR count). The van der Waals surface area contributed by atoms with Crippen LogP contribution in [0.3, 0.4) is 0 Å². The maximum absolute atomic E-state index is 10.7.